The van der Waals surface area contributed by atoms with Gasteiger partial charge in [-0.1, -0.05) is 12.1 Å². The number of aromatic nitrogens is 3. The Bertz CT molecular complexity index is 1060. The van der Waals surface area contributed by atoms with E-state index in [1.807, 2.05) is 47.2 Å². The Balaban J connectivity index is 1.67. The smallest absolute Gasteiger partial charge is 0.212 e. The topological polar surface area (TPSA) is 94.3 Å². The van der Waals surface area contributed by atoms with Crippen molar-refractivity contribution in [1.29, 1.82) is 0 Å². The van der Waals surface area contributed by atoms with Crippen molar-refractivity contribution in [3.05, 3.63) is 53.7 Å². The number of imidazole rings is 1. The second-order valence-electron chi connectivity index (χ2n) is 5.35. The molecule has 0 spiro atoms. The predicted octanol–water partition coefficient (Wildman–Crippen LogP) is 3.04. The molecule has 1 unspecified atom stereocenters. The highest BCUT2D eigenvalue weighted by Crippen LogP contribution is 2.36. The fourth-order valence-corrected chi connectivity index (χ4v) is 3.74. The van der Waals surface area contributed by atoms with Gasteiger partial charge in [0.05, 0.1) is 22.2 Å². The number of benzene rings is 1. The predicted molar refractivity (Wildman–Crippen MR) is 92.9 cm³/mol. The summed E-state index contributed by atoms with van der Waals surface area (Å²) in [5.41, 5.74) is 7.84. The molecule has 118 valence electrons. The van der Waals surface area contributed by atoms with Crippen LogP contribution in [0.1, 0.15) is 11.0 Å². The van der Waals surface area contributed by atoms with Crippen LogP contribution in [0.4, 0.5) is 5.95 Å². The van der Waals surface area contributed by atoms with Gasteiger partial charge in [-0.05, 0) is 24.3 Å². The number of fused-ring (bicyclic) bond motifs is 3. The van der Waals surface area contributed by atoms with Gasteiger partial charge >= 0.3 is 0 Å². The summed E-state index contributed by atoms with van der Waals surface area (Å²) in [6.07, 6.45) is 3.15. The number of rotatable bonds is 2. The Hall–Kier alpha value is -3.13. The van der Waals surface area contributed by atoms with Crippen LogP contribution in [-0.2, 0) is 0 Å². The van der Waals surface area contributed by atoms with Crippen LogP contribution in [0, 0.1) is 0 Å². The minimum Gasteiger partial charge on any atom is -0.462 e. The first-order valence-corrected chi connectivity index (χ1v) is 8.18. The SMILES string of the molecule is NC1=NC(c2cnc(-c3ccco3)s2)n2c(nc3ccccc32)N1. The average Bonchev–Trinajstić information content (AvgIpc) is 3.32. The molecule has 0 bridgehead atoms. The lowest BCUT2D eigenvalue weighted by Gasteiger charge is -2.22. The van der Waals surface area contributed by atoms with Gasteiger partial charge in [-0.15, -0.1) is 11.3 Å². The number of guanidine groups is 1. The van der Waals surface area contributed by atoms with E-state index in [0.29, 0.717) is 11.9 Å². The van der Waals surface area contributed by atoms with Crippen molar-refractivity contribution in [2.75, 3.05) is 5.32 Å². The summed E-state index contributed by atoms with van der Waals surface area (Å²) in [5, 5.41) is 3.84. The zero-order valence-electron chi connectivity index (χ0n) is 12.4. The third-order valence-electron chi connectivity index (χ3n) is 3.85. The molecule has 4 heterocycles. The minimum absolute atomic E-state index is 0.296. The summed E-state index contributed by atoms with van der Waals surface area (Å²) >= 11 is 1.53. The first-order valence-electron chi connectivity index (χ1n) is 7.36. The fourth-order valence-electron chi connectivity index (χ4n) is 2.83. The molecule has 3 aromatic heterocycles. The lowest BCUT2D eigenvalue weighted by atomic mass is 10.3. The number of hydrogen-bond donors (Lipinski definition) is 2. The molecule has 0 saturated carbocycles. The molecular weight excluding hydrogens is 324 g/mol. The number of nitrogens with one attached hydrogen (secondary N) is 1. The lowest BCUT2D eigenvalue weighted by molar-refractivity contribution is 0.582. The maximum atomic E-state index is 5.95. The molecule has 4 aromatic rings. The van der Waals surface area contributed by atoms with Gasteiger partial charge in [0, 0.05) is 6.20 Å². The van der Waals surface area contributed by atoms with E-state index >= 15 is 0 Å². The van der Waals surface area contributed by atoms with Crippen LogP contribution < -0.4 is 11.1 Å². The number of para-hydroxylation sites is 2. The van der Waals surface area contributed by atoms with Crippen molar-refractivity contribution >= 4 is 34.3 Å². The molecule has 0 fully saturated rings. The molecule has 0 saturated heterocycles. The second kappa shape index (κ2) is 4.93. The van der Waals surface area contributed by atoms with Crippen molar-refractivity contribution in [1.82, 2.24) is 14.5 Å². The maximum Gasteiger partial charge on any atom is 0.212 e. The van der Waals surface area contributed by atoms with Crippen LogP contribution in [0.3, 0.4) is 0 Å². The van der Waals surface area contributed by atoms with E-state index in [-0.39, 0.29) is 6.17 Å². The molecule has 24 heavy (non-hydrogen) atoms. The van der Waals surface area contributed by atoms with E-state index in [9.17, 15) is 0 Å². The molecule has 0 aliphatic carbocycles. The summed E-state index contributed by atoms with van der Waals surface area (Å²) in [4.78, 5) is 14.6. The van der Waals surface area contributed by atoms with Crippen molar-refractivity contribution in [3.8, 4) is 10.8 Å². The Morgan fingerprint density at radius 2 is 2.12 bits per heavy atom. The Kier molecular flexibility index (Phi) is 2.74. The van der Waals surface area contributed by atoms with E-state index in [0.717, 1.165) is 26.7 Å². The van der Waals surface area contributed by atoms with E-state index in [1.165, 1.54) is 11.3 Å². The third kappa shape index (κ3) is 1.93. The Morgan fingerprint density at radius 3 is 3.00 bits per heavy atom. The van der Waals surface area contributed by atoms with Crippen molar-refractivity contribution < 1.29 is 4.42 Å². The number of anilines is 1. The van der Waals surface area contributed by atoms with E-state index in [4.69, 9.17) is 10.2 Å². The molecule has 0 amide bonds. The molecule has 5 rings (SSSR count). The molecule has 1 atom stereocenters. The first-order chi connectivity index (χ1) is 11.8. The monoisotopic (exact) mass is 336 g/mol. The van der Waals surface area contributed by atoms with E-state index < -0.39 is 0 Å². The number of nitrogens with two attached hydrogens (primary N) is 1. The zero-order valence-corrected chi connectivity index (χ0v) is 13.2. The van der Waals surface area contributed by atoms with Crippen molar-refractivity contribution in [2.45, 2.75) is 6.17 Å². The van der Waals surface area contributed by atoms with Gasteiger partial charge in [0.25, 0.3) is 0 Å². The molecule has 1 aliphatic rings. The fraction of sp³-hybridized carbons (Fsp3) is 0.0625. The van der Waals surface area contributed by atoms with Gasteiger partial charge in [0.2, 0.25) is 5.95 Å². The number of aliphatic imine (C=N–C) groups is 1. The largest absolute Gasteiger partial charge is 0.462 e. The average molecular weight is 336 g/mol. The second-order valence-corrected chi connectivity index (χ2v) is 6.41. The molecule has 1 aromatic carbocycles. The lowest BCUT2D eigenvalue weighted by Crippen LogP contribution is -2.31. The summed E-state index contributed by atoms with van der Waals surface area (Å²) in [6.45, 7) is 0. The molecule has 0 radical (unpaired) electrons. The summed E-state index contributed by atoms with van der Waals surface area (Å²) in [7, 11) is 0. The Morgan fingerprint density at radius 1 is 1.21 bits per heavy atom. The van der Waals surface area contributed by atoms with Crippen molar-refractivity contribution in [3.63, 3.8) is 0 Å². The van der Waals surface area contributed by atoms with Crippen LogP contribution in [0.25, 0.3) is 21.8 Å². The highest BCUT2D eigenvalue weighted by molar-refractivity contribution is 7.15. The van der Waals surface area contributed by atoms with E-state index in [2.05, 4.69) is 20.3 Å². The normalized spacial score (nSPS) is 16.7. The van der Waals surface area contributed by atoms with Gasteiger partial charge in [-0.3, -0.25) is 9.88 Å². The highest BCUT2D eigenvalue weighted by atomic mass is 32.1. The third-order valence-corrected chi connectivity index (χ3v) is 4.90. The van der Waals surface area contributed by atoms with Gasteiger partial charge < -0.3 is 10.2 Å². The molecule has 1 aliphatic heterocycles. The standard InChI is InChI=1S/C16H12N6OS/c17-15-20-13(12-8-18-14(24-12)11-6-3-7-23-11)22-10-5-2-1-4-9(10)19-16(22)21-15/h1-8,13H,(H3,17,19,20,21). The van der Waals surface area contributed by atoms with Gasteiger partial charge in [0.1, 0.15) is 0 Å². The Labute approximate surface area is 140 Å². The summed E-state index contributed by atoms with van der Waals surface area (Å²) < 4.78 is 7.45. The molecule has 7 nitrogen and oxygen atoms in total. The first kappa shape index (κ1) is 13.3. The minimum atomic E-state index is -0.296. The van der Waals surface area contributed by atoms with Crippen LogP contribution in [0.5, 0.6) is 0 Å². The van der Waals surface area contributed by atoms with E-state index in [1.54, 1.807) is 6.26 Å². The van der Waals surface area contributed by atoms with Crippen molar-refractivity contribution in [2.24, 2.45) is 10.7 Å². The van der Waals surface area contributed by atoms with Gasteiger partial charge in [-0.25, -0.2) is 15.0 Å². The van der Waals surface area contributed by atoms with Crippen LogP contribution in [-0.4, -0.2) is 20.5 Å². The number of hydrogen-bond acceptors (Lipinski definition) is 7. The number of furan rings is 1. The van der Waals surface area contributed by atoms with Crippen LogP contribution in [0.15, 0.2) is 58.3 Å². The number of nitrogens with zero attached hydrogens (tertiary/aromatic N) is 4. The molecular formula is C16H12N6OS. The van der Waals surface area contributed by atoms with Gasteiger partial charge in [-0.2, -0.15) is 0 Å². The van der Waals surface area contributed by atoms with Crippen LogP contribution >= 0.6 is 11.3 Å². The molecule has 3 N–H and O–H groups in total. The maximum absolute atomic E-state index is 5.95. The number of thiazole rings is 1. The highest BCUT2D eigenvalue weighted by Gasteiger charge is 2.27. The molecule has 8 heteroatoms. The zero-order chi connectivity index (χ0) is 16.1. The summed E-state index contributed by atoms with van der Waals surface area (Å²) in [6, 6.07) is 11.7. The van der Waals surface area contributed by atoms with Crippen LogP contribution in [0.2, 0.25) is 0 Å². The van der Waals surface area contributed by atoms with Gasteiger partial charge in [0.15, 0.2) is 22.9 Å². The summed E-state index contributed by atoms with van der Waals surface area (Å²) in [5.74, 6) is 1.77. The quantitative estimate of drug-likeness (QED) is 0.587.